The summed E-state index contributed by atoms with van der Waals surface area (Å²) in [6, 6.07) is 7.02. The second-order valence-corrected chi connectivity index (χ2v) is 6.14. The first kappa shape index (κ1) is 11.4. The van der Waals surface area contributed by atoms with Crippen LogP contribution in [0.15, 0.2) is 40.1 Å². The molecule has 1 fully saturated rings. The summed E-state index contributed by atoms with van der Waals surface area (Å²) in [5, 5.41) is 1.46. The van der Waals surface area contributed by atoms with Crippen molar-refractivity contribution in [3.63, 3.8) is 0 Å². The summed E-state index contributed by atoms with van der Waals surface area (Å²) in [5.41, 5.74) is 2.15. The molecule has 0 heterocycles. The maximum Gasteiger partial charge on any atom is 0.199 e. The minimum atomic E-state index is -3.22. The number of sulfone groups is 1. The maximum absolute atomic E-state index is 12.0. The summed E-state index contributed by atoms with van der Waals surface area (Å²) >= 11 is 0. The molecule has 1 aromatic carbocycles. The predicted octanol–water partition coefficient (Wildman–Crippen LogP) is 3.23. The van der Waals surface area contributed by atoms with Crippen molar-refractivity contribution in [3.05, 3.63) is 40.8 Å². The molecular formula is C13H16O2S. The largest absolute Gasteiger partial charge is 0.219 e. The van der Waals surface area contributed by atoms with Crippen molar-refractivity contribution in [1.82, 2.24) is 0 Å². The van der Waals surface area contributed by atoms with Crippen LogP contribution in [0.25, 0.3) is 0 Å². The van der Waals surface area contributed by atoms with E-state index in [1.165, 1.54) is 5.41 Å². The van der Waals surface area contributed by atoms with Gasteiger partial charge in [0.2, 0.25) is 0 Å². The second kappa shape index (κ2) is 4.42. The second-order valence-electron chi connectivity index (χ2n) is 4.34. The van der Waals surface area contributed by atoms with E-state index < -0.39 is 9.84 Å². The number of hydrogen-bond acceptors (Lipinski definition) is 2. The van der Waals surface area contributed by atoms with Crippen LogP contribution < -0.4 is 0 Å². The van der Waals surface area contributed by atoms with Crippen LogP contribution in [0.2, 0.25) is 0 Å². The van der Waals surface area contributed by atoms with Gasteiger partial charge in [-0.2, -0.15) is 0 Å². The van der Waals surface area contributed by atoms with Crippen LogP contribution in [0.4, 0.5) is 0 Å². The van der Waals surface area contributed by atoms with Crippen molar-refractivity contribution in [1.29, 1.82) is 0 Å². The van der Waals surface area contributed by atoms with E-state index in [0.717, 1.165) is 36.8 Å². The molecule has 0 aliphatic heterocycles. The van der Waals surface area contributed by atoms with Crippen LogP contribution in [0.3, 0.4) is 0 Å². The van der Waals surface area contributed by atoms with Crippen LogP contribution in [0.5, 0.6) is 0 Å². The Morgan fingerprint density at radius 2 is 1.62 bits per heavy atom. The molecule has 0 spiro atoms. The van der Waals surface area contributed by atoms with E-state index in [0.29, 0.717) is 4.90 Å². The molecule has 1 saturated carbocycles. The van der Waals surface area contributed by atoms with Crippen LogP contribution in [-0.4, -0.2) is 8.42 Å². The lowest BCUT2D eigenvalue weighted by Gasteiger charge is -2.01. The third-order valence-corrected chi connectivity index (χ3v) is 4.49. The van der Waals surface area contributed by atoms with Gasteiger partial charge in [0.1, 0.15) is 0 Å². The zero-order valence-electron chi connectivity index (χ0n) is 9.44. The molecule has 86 valence electrons. The first-order valence-corrected chi connectivity index (χ1v) is 7.14. The fourth-order valence-electron chi connectivity index (χ4n) is 1.96. The Kier molecular flexibility index (Phi) is 3.15. The highest BCUT2D eigenvalue weighted by Gasteiger charge is 2.14. The van der Waals surface area contributed by atoms with Crippen LogP contribution in [0.1, 0.15) is 31.2 Å². The van der Waals surface area contributed by atoms with Crippen LogP contribution >= 0.6 is 0 Å². The molecule has 0 radical (unpaired) electrons. The molecule has 0 amide bonds. The standard InChI is InChI=1S/C13H16O2S/c1-11-6-8-13(9-7-11)16(14,15)10-12-4-2-3-5-12/h6-10H,2-5H2,1H3. The Labute approximate surface area is 96.9 Å². The highest BCUT2D eigenvalue weighted by molar-refractivity contribution is 7.94. The molecule has 1 aromatic rings. The summed E-state index contributed by atoms with van der Waals surface area (Å²) in [6.45, 7) is 1.95. The zero-order valence-corrected chi connectivity index (χ0v) is 10.3. The molecule has 1 aliphatic carbocycles. The third kappa shape index (κ3) is 2.53. The average molecular weight is 236 g/mol. The third-order valence-electron chi connectivity index (χ3n) is 2.92. The first-order chi connectivity index (χ1) is 7.58. The molecule has 16 heavy (non-hydrogen) atoms. The highest BCUT2D eigenvalue weighted by atomic mass is 32.2. The van der Waals surface area contributed by atoms with Crippen molar-refractivity contribution in [3.8, 4) is 0 Å². The molecule has 0 N–H and O–H groups in total. The Morgan fingerprint density at radius 3 is 2.19 bits per heavy atom. The van der Waals surface area contributed by atoms with Crippen LogP contribution in [-0.2, 0) is 9.84 Å². The SMILES string of the molecule is Cc1ccc(S(=O)(=O)C=C2CCCC2)cc1. The Bertz CT molecular complexity index is 487. The van der Waals surface area contributed by atoms with Gasteiger partial charge in [-0.1, -0.05) is 23.3 Å². The molecule has 2 nitrogen and oxygen atoms in total. The number of aryl methyl sites for hydroxylation is 1. The fraction of sp³-hybridized carbons (Fsp3) is 0.385. The van der Waals surface area contributed by atoms with Gasteiger partial charge in [0, 0.05) is 5.41 Å². The predicted molar refractivity (Wildman–Crippen MR) is 64.9 cm³/mol. The van der Waals surface area contributed by atoms with E-state index in [-0.39, 0.29) is 0 Å². The first-order valence-electron chi connectivity index (χ1n) is 5.59. The van der Waals surface area contributed by atoms with E-state index in [1.807, 2.05) is 19.1 Å². The van der Waals surface area contributed by atoms with E-state index in [9.17, 15) is 8.42 Å². The minimum Gasteiger partial charge on any atom is -0.219 e. The van der Waals surface area contributed by atoms with Gasteiger partial charge in [-0.15, -0.1) is 0 Å². The van der Waals surface area contributed by atoms with E-state index in [4.69, 9.17) is 0 Å². The molecule has 0 bridgehead atoms. The van der Waals surface area contributed by atoms with Gasteiger partial charge in [0.05, 0.1) is 4.90 Å². The molecule has 3 heteroatoms. The summed E-state index contributed by atoms with van der Waals surface area (Å²) < 4.78 is 24.0. The Morgan fingerprint density at radius 1 is 1.06 bits per heavy atom. The highest BCUT2D eigenvalue weighted by Crippen LogP contribution is 2.26. The smallest absolute Gasteiger partial charge is 0.199 e. The fourth-order valence-corrected chi connectivity index (χ4v) is 3.29. The van der Waals surface area contributed by atoms with Crippen molar-refractivity contribution < 1.29 is 8.42 Å². The van der Waals surface area contributed by atoms with E-state index in [1.54, 1.807) is 12.1 Å². The van der Waals surface area contributed by atoms with Gasteiger partial charge in [-0.05, 0) is 44.7 Å². The summed E-state index contributed by atoms with van der Waals surface area (Å²) in [7, 11) is -3.22. The Balaban J connectivity index is 2.31. The number of benzene rings is 1. The molecule has 0 saturated heterocycles. The van der Waals surface area contributed by atoms with E-state index >= 15 is 0 Å². The normalized spacial score (nSPS) is 16.4. The molecule has 2 rings (SSSR count). The lowest BCUT2D eigenvalue weighted by atomic mass is 10.2. The Hall–Kier alpha value is -1.09. The maximum atomic E-state index is 12.0. The average Bonchev–Trinajstić information content (AvgIpc) is 2.70. The van der Waals surface area contributed by atoms with Crippen molar-refractivity contribution >= 4 is 9.84 Å². The molecule has 0 unspecified atom stereocenters. The number of hydrogen-bond donors (Lipinski definition) is 0. The topological polar surface area (TPSA) is 34.1 Å². The molecular weight excluding hydrogens is 220 g/mol. The lowest BCUT2D eigenvalue weighted by molar-refractivity contribution is 0.604. The van der Waals surface area contributed by atoms with Crippen molar-refractivity contribution in [2.45, 2.75) is 37.5 Å². The summed E-state index contributed by atoms with van der Waals surface area (Å²) in [4.78, 5) is 0.400. The summed E-state index contributed by atoms with van der Waals surface area (Å²) in [6.07, 6.45) is 4.11. The quantitative estimate of drug-likeness (QED) is 0.790. The van der Waals surface area contributed by atoms with Crippen molar-refractivity contribution in [2.75, 3.05) is 0 Å². The number of allylic oxidation sites excluding steroid dienone is 1. The monoisotopic (exact) mass is 236 g/mol. The van der Waals surface area contributed by atoms with E-state index in [2.05, 4.69) is 0 Å². The van der Waals surface area contributed by atoms with Crippen LogP contribution in [0, 0.1) is 6.92 Å². The van der Waals surface area contributed by atoms with Gasteiger partial charge in [0.25, 0.3) is 0 Å². The number of rotatable bonds is 2. The molecule has 0 atom stereocenters. The van der Waals surface area contributed by atoms with Gasteiger partial charge < -0.3 is 0 Å². The van der Waals surface area contributed by atoms with Gasteiger partial charge in [-0.25, -0.2) is 8.42 Å². The van der Waals surface area contributed by atoms with Crippen molar-refractivity contribution in [2.24, 2.45) is 0 Å². The lowest BCUT2D eigenvalue weighted by Crippen LogP contribution is -1.97. The van der Waals surface area contributed by atoms with Gasteiger partial charge in [0.15, 0.2) is 9.84 Å². The minimum absolute atomic E-state index is 0.400. The summed E-state index contributed by atoms with van der Waals surface area (Å²) in [5.74, 6) is 0. The molecule has 0 aromatic heterocycles. The zero-order chi connectivity index (χ0) is 11.6. The molecule has 1 aliphatic rings. The van der Waals surface area contributed by atoms with Gasteiger partial charge in [-0.3, -0.25) is 0 Å². The van der Waals surface area contributed by atoms with Gasteiger partial charge >= 0.3 is 0 Å².